The molecular formula is C19H24BrN3O2. The van der Waals surface area contributed by atoms with Gasteiger partial charge in [0.1, 0.15) is 11.7 Å². The fourth-order valence-electron chi connectivity index (χ4n) is 3.63. The van der Waals surface area contributed by atoms with Crippen LogP contribution in [-0.2, 0) is 4.74 Å². The molecule has 1 spiro atoms. The summed E-state index contributed by atoms with van der Waals surface area (Å²) in [6.07, 6.45) is 1.86. The molecule has 2 fully saturated rings. The van der Waals surface area contributed by atoms with Gasteiger partial charge in [0.05, 0.1) is 11.3 Å². The number of carbonyl (C=O) groups is 1. The average molecular weight is 406 g/mol. The van der Waals surface area contributed by atoms with E-state index in [4.69, 9.17) is 4.74 Å². The average Bonchev–Trinajstić information content (AvgIpc) is 2.51. The van der Waals surface area contributed by atoms with Crippen molar-refractivity contribution in [1.29, 1.82) is 5.26 Å². The van der Waals surface area contributed by atoms with E-state index in [1.165, 1.54) is 0 Å². The molecule has 1 aromatic rings. The summed E-state index contributed by atoms with van der Waals surface area (Å²) >= 11 is 3.42. The van der Waals surface area contributed by atoms with Crippen molar-refractivity contribution in [1.82, 2.24) is 4.90 Å². The van der Waals surface area contributed by atoms with Crippen LogP contribution in [0.2, 0.25) is 0 Å². The van der Waals surface area contributed by atoms with Gasteiger partial charge in [0, 0.05) is 36.1 Å². The molecule has 134 valence electrons. The third-order valence-corrected chi connectivity index (χ3v) is 5.44. The number of halogens is 1. The van der Waals surface area contributed by atoms with Crippen LogP contribution in [0.4, 0.5) is 10.5 Å². The first kappa shape index (κ1) is 18.1. The van der Waals surface area contributed by atoms with Crippen LogP contribution in [0.1, 0.15) is 39.2 Å². The van der Waals surface area contributed by atoms with Gasteiger partial charge in [0.2, 0.25) is 0 Å². The number of carbonyl (C=O) groups excluding carboxylic acids is 1. The smallest absolute Gasteiger partial charge is 0.410 e. The Balaban J connectivity index is 1.57. The first-order valence-electron chi connectivity index (χ1n) is 8.64. The minimum Gasteiger partial charge on any atom is -0.444 e. The molecule has 3 rings (SSSR count). The molecule has 0 atom stereocenters. The highest BCUT2D eigenvalue weighted by atomic mass is 79.9. The van der Waals surface area contributed by atoms with Crippen LogP contribution in [0, 0.1) is 16.7 Å². The van der Waals surface area contributed by atoms with Gasteiger partial charge in [-0.2, -0.15) is 5.26 Å². The number of hydrogen-bond acceptors (Lipinski definition) is 4. The predicted molar refractivity (Wildman–Crippen MR) is 101 cm³/mol. The zero-order valence-electron chi connectivity index (χ0n) is 15.0. The monoisotopic (exact) mass is 405 g/mol. The van der Waals surface area contributed by atoms with E-state index in [-0.39, 0.29) is 11.5 Å². The summed E-state index contributed by atoms with van der Waals surface area (Å²) in [5, 5.41) is 9.37. The van der Waals surface area contributed by atoms with Crippen molar-refractivity contribution in [3.05, 3.63) is 28.2 Å². The number of piperidine rings is 1. The number of nitriles is 1. The number of rotatable bonds is 1. The van der Waals surface area contributed by atoms with E-state index in [0.717, 1.165) is 49.2 Å². The van der Waals surface area contributed by atoms with E-state index in [1.54, 1.807) is 4.90 Å². The summed E-state index contributed by atoms with van der Waals surface area (Å²) in [5.41, 5.74) is 1.48. The molecule has 25 heavy (non-hydrogen) atoms. The third-order valence-electron chi connectivity index (χ3n) is 4.95. The van der Waals surface area contributed by atoms with Gasteiger partial charge in [0.25, 0.3) is 0 Å². The first-order chi connectivity index (χ1) is 11.7. The second-order valence-electron chi connectivity index (χ2n) is 8.10. The number of amides is 1. The van der Waals surface area contributed by atoms with Gasteiger partial charge in [-0.15, -0.1) is 0 Å². The van der Waals surface area contributed by atoms with Crippen LogP contribution in [0.3, 0.4) is 0 Å². The highest BCUT2D eigenvalue weighted by molar-refractivity contribution is 9.10. The van der Waals surface area contributed by atoms with E-state index in [9.17, 15) is 10.1 Å². The number of ether oxygens (including phenoxy) is 1. The van der Waals surface area contributed by atoms with Crippen molar-refractivity contribution in [3.8, 4) is 6.07 Å². The topological polar surface area (TPSA) is 56.6 Å². The van der Waals surface area contributed by atoms with Gasteiger partial charge in [0.15, 0.2) is 0 Å². The van der Waals surface area contributed by atoms with Crippen LogP contribution in [0.25, 0.3) is 0 Å². The lowest BCUT2D eigenvalue weighted by Crippen LogP contribution is -2.62. The number of likely N-dealkylation sites (tertiary alicyclic amines) is 1. The van der Waals surface area contributed by atoms with E-state index in [0.29, 0.717) is 5.56 Å². The van der Waals surface area contributed by atoms with Gasteiger partial charge in [-0.3, -0.25) is 0 Å². The van der Waals surface area contributed by atoms with Gasteiger partial charge in [-0.1, -0.05) is 15.9 Å². The van der Waals surface area contributed by atoms with Gasteiger partial charge in [-0.25, -0.2) is 4.79 Å². The van der Waals surface area contributed by atoms with Crippen LogP contribution >= 0.6 is 15.9 Å². The lowest BCUT2D eigenvalue weighted by atomic mass is 9.72. The summed E-state index contributed by atoms with van der Waals surface area (Å²) in [4.78, 5) is 16.2. The zero-order chi connectivity index (χ0) is 18.2. The SMILES string of the molecule is CC(C)(C)OC(=O)N1CC2(CCN(c3ccc(Br)cc3C#N)CC2)C1. The van der Waals surface area contributed by atoms with Gasteiger partial charge >= 0.3 is 6.09 Å². The predicted octanol–water partition coefficient (Wildman–Crippen LogP) is 4.16. The van der Waals surface area contributed by atoms with E-state index in [2.05, 4.69) is 26.9 Å². The molecule has 0 unspecified atom stereocenters. The first-order valence-corrected chi connectivity index (χ1v) is 9.43. The van der Waals surface area contributed by atoms with E-state index in [1.807, 2.05) is 39.0 Å². The highest BCUT2D eigenvalue weighted by Gasteiger charge is 2.47. The third kappa shape index (κ3) is 3.92. The molecule has 6 heteroatoms. The fraction of sp³-hybridized carbons (Fsp3) is 0.579. The molecule has 2 heterocycles. The van der Waals surface area contributed by atoms with Gasteiger partial charge < -0.3 is 14.5 Å². The zero-order valence-corrected chi connectivity index (χ0v) is 16.6. The standard InChI is InChI=1S/C19H24BrN3O2/c1-18(2,3)25-17(24)23-12-19(13-23)6-8-22(9-7-19)16-5-4-15(20)10-14(16)11-21/h4-5,10H,6-9,12-13H2,1-3H3. The molecular weight excluding hydrogens is 382 g/mol. The summed E-state index contributed by atoms with van der Waals surface area (Å²) < 4.78 is 6.37. The Morgan fingerprint density at radius 1 is 1.28 bits per heavy atom. The van der Waals surface area contributed by atoms with Crippen molar-refractivity contribution in [2.75, 3.05) is 31.1 Å². The molecule has 2 aliphatic heterocycles. The maximum atomic E-state index is 12.1. The maximum Gasteiger partial charge on any atom is 0.410 e. The number of benzene rings is 1. The maximum absolute atomic E-state index is 12.1. The number of hydrogen-bond donors (Lipinski definition) is 0. The number of anilines is 1. The summed E-state index contributed by atoms with van der Waals surface area (Å²) in [6.45, 7) is 9.07. The lowest BCUT2D eigenvalue weighted by molar-refractivity contribution is -0.0434. The molecule has 0 radical (unpaired) electrons. The highest BCUT2D eigenvalue weighted by Crippen LogP contribution is 2.42. The molecule has 1 amide bonds. The van der Waals surface area contributed by atoms with Gasteiger partial charge in [-0.05, 0) is 51.8 Å². The molecule has 0 bridgehead atoms. The van der Waals surface area contributed by atoms with Crippen LogP contribution in [-0.4, -0.2) is 42.8 Å². The van der Waals surface area contributed by atoms with Crippen LogP contribution < -0.4 is 4.90 Å². The largest absolute Gasteiger partial charge is 0.444 e. The van der Waals surface area contributed by atoms with Crippen molar-refractivity contribution in [3.63, 3.8) is 0 Å². The Kier molecular flexibility index (Phi) is 4.72. The summed E-state index contributed by atoms with van der Waals surface area (Å²) in [5.74, 6) is 0. The molecule has 2 saturated heterocycles. The summed E-state index contributed by atoms with van der Waals surface area (Å²) in [7, 11) is 0. The minimum atomic E-state index is -0.446. The van der Waals surface area contributed by atoms with Crippen molar-refractivity contribution >= 4 is 27.7 Å². The van der Waals surface area contributed by atoms with Crippen molar-refractivity contribution in [2.24, 2.45) is 5.41 Å². The van der Waals surface area contributed by atoms with Crippen molar-refractivity contribution in [2.45, 2.75) is 39.2 Å². The molecule has 1 aromatic carbocycles. The van der Waals surface area contributed by atoms with Crippen molar-refractivity contribution < 1.29 is 9.53 Å². The second-order valence-corrected chi connectivity index (χ2v) is 9.01. The lowest BCUT2D eigenvalue weighted by Gasteiger charge is -2.54. The Bertz CT molecular complexity index is 704. The molecule has 2 aliphatic rings. The van der Waals surface area contributed by atoms with Crippen LogP contribution in [0.5, 0.6) is 0 Å². The molecule has 5 nitrogen and oxygen atoms in total. The Morgan fingerprint density at radius 3 is 2.48 bits per heavy atom. The number of nitrogens with zero attached hydrogens (tertiary/aromatic N) is 3. The van der Waals surface area contributed by atoms with Crippen LogP contribution in [0.15, 0.2) is 22.7 Å². The molecule has 0 aliphatic carbocycles. The minimum absolute atomic E-state index is 0.208. The summed E-state index contributed by atoms with van der Waals surface area (Å²) in [6, 6.07) is 8.14. The quantitative estimate of drug-likeness (QED) is 0.703. The molecule has 0 N–H and O–H groups in total. The van der Waals surface area contributed by atoms with E-state index >= 15 is 0 Å². The normalized spacial score (nSPS) is 19.3. The second kappa shape index (κ2) is 6.53. The Morgan fingerprint density at radius 2 is 1.92 bits per heavy atom. The molecule has 0 saturated carbocycles. The fourth-order valence-corrected chi connectivity index (χ4v) is 3.99. The molecule has 0 aromatic heterocycles. The Hall–Kier alpha value is -1.74. The Labute approximate surface area is 157 Å². The van der Waals surface area contributed by atoms with E-state index < -0.39 is 5.60 Å².